The predicted molar refractivity (Wildman–Crippen MR) is 149 cm³/mol. The molecule has 5 N–H and O–H groups in total. The van der Waals surface area contributed by atoms with Gasteiger partial charge in [-0.1, -0.05) is 0 Å². The van der Waals surface area contributed by atoms with Crippen LogP contribution in [-0.4, -0.2) is 100 Å². The summed E-state index contributed by atoms with van der Waals surface area (Å²) in [5.41, 5.74) is 10.9. The van der Waals surface area contributed by atoms with Gasteiger partial charge in [-0.25, -0.2) is 9.59 Å². The first-order valence-corrected chi connectivity index (χ1v) is 13.5. The number of rotatable bonds is 8. The van der Waals surface area contributed by atoms with Gasteiger partial charge in [-0.2, -0.15) is 4.98 Å². The average molecular weight is 541 g/mol. The number of carbonyl (C=O) groups excluding carboxylic acids is 2. The predicted octanol–water partition coefficient (Wildman–Crippen LogP) is 0.694. The number of benzene rings is 1. The lowest BCUT2D eigenvalue weighted by Crippen LogP contribution is -2.58. The number of aromatic nitrogens is 2. The molecule has 0 spiro atoms. The van der Waals surface area contributed by atoms with Crippen LogP contribution < -0.4 is 27.2 Å². The standard InChI is InChI=1S/C27H40N8O4/c1-19(34-10-8-20(16-28)17-34)18-39-22-6-4-21(5-7-22)35-11-9-23(31-26(35)38)30-25(37)33-14-12-32(13-15-33)24(36)27(2,3)29/h4-7,9,11,19-20H,8,10,12-18,28-29H2,1-3H3,(H,30,31,37,38)/t19?,20-/m0/s1. The molecule has 0 bridgehead atoms. The molecule has 2 saturated heterocycles. The van der Waals surface area contributed by atoms with Gasteiger partial charge < -0.3 is 26.0 Å². The number of hydrogen-bond donors (Lipinski definition) is 3. The number of likely N-dealkylation sites (tertiary alicyclic amines) is 1. The first-order valence-electron chi connectivity index (χ1n) is 13.5. The zero-order valence-corrected chi connectivity index (χ0v) is 23.0. The minimum Gasteiger partial charge on any atom is -0.492 e. The normalized spacial score (nSPS) is 19.2. The third kappa shape index (κ3) is 7.14. The SMILES string of the molecule is CC(COc1ccc(-n2ccc(NC(=O)N3CCN(C(=O)C(C)(C)N)CC3)nc2=O)cc1)N1CC[C@@H](CN)C1. The third-order valence-corrected chi connectivity index (χ3v) is 7.32. The van der Waals surface area contributed by atoms with Crippen molar-refractivity contribution >= 4 is 17.8 Å². The molecule has 39 heavy (non-hydrogen) atoms. The van der Waals surface area contributed by atoms with E-state index in [4.69, 9.17) is 16.2 Å². The highest BCUT2D eigenvalue weighted by molar-refractivity contribution is 5.89. The van der Waals surface area contributed by atoms with E-state index in [0.717, 1.165) is 31.8 Å². The van der Waals surface area contributed by atoms with E-state index in [0.29, 0.717) is 50.4 Å². The Labute approximate surface area is 228 Å². The number of ether oxygens (including phenoxy) is 1. The number of anilines is 1. The van der Waals surface area contributed by atoms with Crippen LogP contribution in [0, 0.1) is 5.92 Å². The summed E-state index contributed by atoms with van der Waals surface area (Å²) in [6.45, 7) is 10.4. The summed E-state index contributed by atoms with van der Waals surface area (Å²) in [7, 11) is 0. The van der Waals surface area contributed by atoms with Gasteiger partial charge in [0.15, 0.2) is 0 Å². The van der Waals surface area contributed by atoms with Crippen molar-refractivity contribution in [2.75, 3.05) is 57.7 Å². The van der Waals surface area contributed by atoms with Crippen molar-refractivity contribution in [2.45, 2.75) is 38.8 Å². The Morgan fingerprint density at radius 1 is 1.10 bits per heavy atom. The van der Waals surface area contributed by atoms with Crippen LogP contribution in [0.15, 0.2) is 41.3 Å². The van der Waals surface area contributed by atoms with Crippen molar-refractivity contribution in [2.24, 2.45) is 17.4 Å². The van der Waals surface area contributed by atoms with Gasteiger partial charge in [0.05, 0.1) is 11.2 Å². The second-order valence-corrected chi connectivity index (χ2v) is 10.9. The minimum absolute atomic E-state index is 0.148. The van der Waals surface area contributed by atoms with Gasteiger partial charge in [0, 0.05) is 45.0 Å². The van der Waals surface area contributed by atoms with Gasteiger partial charge in [-0.05, 0) is 76.5 Å². The molecule has 1 aromatic carbocycles. The second-order valence-electron chi connectivity index (χ2n) is 10.9. The number of nitrogens with zero attached hydrogens (tertiary/aromatic N) is 5. The molecular formula is C27H40N8O4. The van der Waals surface area contributed by atoms with E-state index >= 15 is 0 Å². The van der Waals surface area contributed by atoms with Crippen LogP contribution in [0.2, 0.25) is 0 Å². The summed E-state index contributed by atoms with van der Waals surface area (Å²) >= 11 is 0. The number of nitrogens with one attached hydrogen (secondary N) is 1. The maximum atomic E-state index is 12.7. The maximum Gasteiger partial charge on any atom is 0.354 e. The van der Waals surface area contributed by atoms with Gasteiger partial charge in [-0.15, -0.1) is 0 Å². The lowest BCUT2D eigenvalue weighted by molar-refractivity contribution is -0.137. The van der Waals surface area contributed by atoms with Crippen LogP contribution in [0.4, 0.5) is 10.6 Å². The molecule has 4 rings (SSSR count). The first-order chi connectivity index (χ1) is 18.5. The van der Waals surface area contributed by atoms with Crippen molar-refractivity contribution in [3.8, 4) is 11.4 Å². The average Bonchev–Trinajstić information content (AvgIpc) is 3.41. The van der Waals surface area contributed by atoms with Crippen LogP contribution in [0.1, 0.15) is 27.2 Å². The molecule has 2 atom stereocenters. The Kier molecular flexibility index (Phi) is 8.88. The van der Waals surface area contributed by atoms with Gasteiger partial charge in [0.1, 0.15) is 18.2 Å². The van der Waals surface area contributed by atoms with Gasteiger partial charge in [0.2, 0.25) is 5.91 Å². The van der Waals surface area contributed by atoms with Gasteiger partial charge in [0.25, 0.3) is 0 Å². The Balaban J connectivity index is 1.28. The Morgan fingerprint density at radius 2 is 1.77 bits per heavy atom. The third-order valence-electron chi connectivity index (χ3n) is 7.32. The maximum absolute atomic E-state index is 12.7. The van der Waals surface area contributed by atoms with E-state index in [1.165, 1.54) is 4.57 Å². The molecule has 2 aliphatic rings. The van der Waals surface area contributed by atoms with E-state index in [2.05, 4.69) is 22.1 Å². The second kappa shape index (κ2) is 12.1. The van der Waals surface area contributed by atoms with Crippen LogP contribution in [0.3, 0.4) is 0 Å². The summed E-state index contributed by atoms with van der Waals surface area (Å²) in [5, 5.41) is 2.67. The highest BCUT2D eigenvalue weighted by atomic mass is 16.5. The van der Waals surface area contributed by atoms with Crippen LogP contribution in [0.25, 0.3) is 5.69 Å². The monoisotopic (exact) mass is 540 g/mol. The minimum atomic E-state index is -0.952. The Hall–Kier alpha value is -3.48. The zero-order valence-electron chi connectivity index (χ0n) is 23.0. The molecule has 2 aromatic rings. The molecule has 212 valence electrons. The molecule has 0 radical (unpaired) electrons. The summed E-state index contributed by atoms with van der Waals surface area (Å²) in [6, 6.07) is 8.74. The quantitative estimate of drug-likeness (QED) is 0.442. The van der Waals surface area contributed by atoms with E-state index in [1.54, 1.807) is 48.0 Å². The highest BCUT2D eigenvalue weighted by Crippen LogP contribution is 2.20. The Bertz CT molecular complexity index is 1200. The largest absolute Gasteiger partial charge is 0.492 e. The fraction of sp³-hybridized carbons (Fsp3) is 0.556. The van der Waals surface area contributed by atoms with Crippen LogP contribution in [0.5, 0.6) is 5.75 Å². The molecule has 1 aromatic heterocycles. The number of urea groups is 1. The van der Waals surface area contributed by atoms with Crippen molar-refractivity contribution in [1.29, 1.82) is 0 Å². The fourth-order valence-corrected chi connectivity index (χ4v) is 4.86. The number of piperazine rings is 1. The summed E-state index contributed by atoms with van der Waals surface area (Å²) < 4.78 is 7.37. The number of hydrogen-bond acceptors (Lipinski definition) is 8. The first kappa shape index (κ1) is 28.5. The summed E-state index contributed by atoms with van der Waals surface area (Å²) in [4.78, 5) is 47.4. The topological polar surface area (TPSA) is 152 Å². The van der Waals surface area contributed by atoms with E-state index < -0.39 is 11.2 Å². The molecule has 0 aliphatic carbocycles. The number of nitrogens with two attached hydrogens (primary N) is 2. The molecule has 3 heterocycles. The summed E-state index contributed by atoms with van der Waals surface area (Å²) in [6.07, 6.45) is 2.71. The Morgan fingerprint density at radius 3 is 2.36 bits per heavy atom. The van der Waals surface area contributed by atoms with E-state index in [1.807, 2.05) is 12.1 Å². The lowest BCUT2D eigenvalue weighted by atomic mass is 10.1. The van der Waals surface area contributed by atoms with Crippen LogP contribution >= 0.6 is 0 Å². The fourth-order valence-electron chi connectivity index (χ4n) is 4.86. The van der Waals surface area contributed by atoms with Gasteiger partial charge >= 0.3 is 11.7 Å². The molecule has 12 nitrogen and oxygen atoms in total. The molecule has 1 unspecified atom stereocenters. The molecule has 0 saturated carbocycles. The molecule has 12 heteroatoms. The van der Waals surface area contributed by atoms with Crippen molar-refractivity contribution in [3.63, 3.8) is 0 Å². The lowest BCUT2D eigenvalue weighted by Gasteiger charge is -2.37. The molecule has 2 fully saturated rings. The van der Waals surface area contributed by atoms with Crippen molar-refractivity contribution in [3.05, 3.63) is 47.0 Å². The zero-order chi connectivity index (χ0) is 28.2. The highest BCUT2D eigenvalue weighted by Gasteiger charge is 2.31. The van der Waals surface area contributed by atoms with Gasteiger partial charge in [-0.3, -0.25) is 19.6 Å². The van der Waals surface area contributed by atoms with Crippen molar-refractivity contribution in [1.82, 2.24) is 24.3 Å². The van der Waals surface area contributed by atoms with Crippen molar-refractivity contribution < 1.29 is 14.3 Å². The molecule has 3 amide bonds. The smallest absolute Gasteiger partial charge is 0.354 e. The van der Waals surface area contributed by atoms with E-state index in [9.17, 15) is 14.4 Å². The molecule has 2 aliphatic heterocycles. The number of carbonyl (C=O) groups is 2. The molecular weight excluding hydrogens is 500 g/mol. The van der Waals surface area contributed by atoms with Crippen LogP contribution in [-0.2, 0) is 4.79 Å². The van der Waals surface area contributed by atoms with E-state index in [-0.39, 0.29) is 17.8 Å². The summed E-state index contributed by atoms with van der Waals surface area (Å²) in [5.74, 6) is 1.30. The number of amides is 3.